The Kier molecular flexibility index (Phi) is 5.93. The maximum atomic E-state index is 13.1. The molecule has 1 aliphatic heterocycles. The Morgan fingerprint density at radius 3 is 2.84 bits per heavy atom. The van der Waals surface area contributed by atoms with E-state index in [1.165, 1.54) is 17.4 Å². The number of nitrogens with zero attached hydrogens (tertiary/aromatic N) is 3. The third kappa shape index (κ3) is 4.40. The molecule has 0 amide bonds. The van der Waals surface area contributed by atoms with E-state index in [2.05, 4.69) is 10.1 Å². The van der Waals surface area contributed by atoms with E-state index in [0.717, 1.165) is 21.0 Å². The van der Waals surface area contributed by atoms with Crippen LogP contribution in [0.2, 0.25) is 0 Å². The second-order valence-corrected chi connectivity index (χ2v) is 10.0. The molecule has 1 aromatic carbocycles. The molecule has 2 aromatic heterocycles. The van der Waals surface area contributed by atoms with Crippen molar-refractivity contribution in [2.24, 2.45) is 0 Å². The average molecular weight is 464 g/mol. The summed E-state index contributed by atoms with van der Waals surface area (Å²) in [6, 6.07) is 5.46. The molecule has 31 heavy (non-hydrogen) atoms. The van der Waals surface area contributed by atoms with Crippen molar-refractivity contribution < 1.29 is 27.6 Å². The fraction of sp³-hybridized carbons (Fsp3) is 0.350. The number of aliphatic hydroxyl groups is 1. The maximum Gasteiger partial charge on any atom is 0.325 e. The lowest BCUT2D eigenvalue weighted by atomic mass is 10.1. The topological polar surface area (TPSA) is 123 Å². The zero-order valence-corrected chi connectivity index (χ0v) is 18.5. The van der Waals surface area contributed by atoms with Gasteiger partial charge in [-0.1, -0.05) is 11.2 Å². The Bertz CT molecular complexity index is 1190. The molecule has 4 rings (SSSR count). The summed E-state index contributed by atoms with van der Waals surface area (Å²) in [7, 11) is -3.99. The molecule has 2 unspecified atom stereocenters. The van der Waals surface area contributed by atoms with Gasteiger partial charge in [0.2, 0.25) is 15.8 Å². The molecule has 2 atom stereocenters. The van der Waals surface area contributed by atoms with Crippen LogP contribution in [0.3, 0.4) is 0 Å². The van der Waals surface area contributed by atoms with Gasteiger partial charge in [-0.25, -0.2) is 8.42 Å². The summed E-state index contributed by atoms with van der Waals surface area (Å²) in [4.78, 5) is 16.9. The van der Waals surface area contributed by atoms with Crippen molar-refractivity contribution in [2.75, 3.05) is 6.54 Å². The summed E-state index contributed by atoms with van der Waals surface area (Å²) in [5.41, 5.74) is 2.56. The molecule has 0 aliphatic carbocycles. The summed E-state index contributed by atoms with van der Waals surface area (Å²) in [6.07, 6.45) is -1.01. The number of aliphatic hydroxyl groups excluding tert-OH is 1. The number of esters is 1. The first kappa shape index (κ1) is 21.6. The fourth-order valence-electron chi connectivity index (χ4n) is 3.33. The molecule has 164 valence electrons. The van der Waals surface area contributed by atoms with E-state index in [9.17, 15) is 18.3 Å². The summed E-state index contributed by atoms with van der Waals surface area (Å²) >= 11 is 1.49. The first-order valence-corrected chi connectivity index (χ1v) is 11.9. The third-order valence-corrected chi connectivity index (χ3v) is 7.73. The van der Waals surface area contributed by atoms with Gasteiger partial charge >= 0.3 is 5.97 Å². The Balaban J connectivity index is 1.48. The van der Waals surface area contributed by atoms with Gasteiger partial charge in [-0.2, -0.15) is 20.6 Å². The van der Waals surface area contributed by atoms with Gasteiger partial charge in [-0.05, 0) is 48.6 Å². The molecule has 1 saturated heterocycles. The molecule has 1 N–H and O–H groups in total. The van der Waals surface area contributed by atoms with E-state index < -0.39 is 28.1 Å². The largest absolute Gasteiger partial charge is 0.454 e. The molecular weight excluding hydrogens is 442 g/mol. The van der Waals surface area contributed by atoms with Gasteiger partial charge in [0.05, 0.1) is 11.0 Å². The number of aromatic nitrogens is 2. The van der Waals surface area contributed by atoms with Crippen LogP contribution < -0.4 is 0 Å². The molecule has 0 bridgehead atoms. The van der Waals surface area contributed by atoms with Crippen molar-refractivity contribution in [1.82, 2.24) is 14.4 Å². The van der Waals surface area contributed by atoms with E-state index in [1.54, 1.807) is 12.1 Å². The van der Waals surface area contributed by atoms with Crippen LogP contribution in [0.25, 0.3) is 11.4 Å². The molecule has 9 nitrogen and oxygen atoms in total. The van der Waals surface area contributed by atoms with Crippen molar-refractivity contribution in [2.45, 2.75) is 43.9 Å². The number of hydrogen-bond donors (Lipinski definition) is 1. The summed E-state index contributed by atoms with van der Waals surface area (Å²) in [5.74, 6) is -0.307. The smallest absolute Gasteiger partial charge is 0.325 e. The summed E-state index contributed by atoms with van der Waals surface area (Å²) in [5, 5.41) is 17.6. The normalized spacial score (nSPS) is 19.6. The lowest BCUT2D eigenvalue weighted by Gasteiger charge is -2.22. The van der Waals surface area contributed by atoms with Crippen molar-refractivity contribution >= 4 is 27.3 Å². The van der Waals surface area contributed by atoms with Gasteiger partial charge in [-0.3, -0.25) is 4.79 Å². The highest BCUT2D eigenvalue weighted by Crippen LogP contribution is 2.28. The van der Waals surface area contributed by atoms with Gasteiger partial charge in [0.1, 0.15) is 6.04 Å². The SMILES string of the molecule is Cc1ccc(S(=O)(=O)N2CC(O)CC2C(=O)OCc2nc(-c3ccsc3)no2)cc1C. The highest BCUT2D eigenvalue weighted by Gasteiger charge is 2.44. The molecule has 0 radical (unpaired) electrons. The number of carbonyl (C=O) groups excluding carboxylic acids is 1. The van der Waals surface area contributed by atoms with E-state index in [4.69, 9.17) is 9.26 Å². The monoisotopic (exact) mass is 463 g/mol. The molecular formula is C20H21N3O6S2. The van der Waals surface area contributed by atoms with Crippen LogP contribution in [0.5, 0.6) is 0 Å². The standard InChI is InChI=1S/C20H21N3O6S2/c1-12-3-4-16(7-13(12)2)31(26,27)23-9-15(24)8-17(23)20(25)28-10-18-21-19(22-29-18)14-5-6-30-11-14/h3-7,11,15,17,24H,8-10H2,1-2H3. The fourth-order valence-corrected chi connectivity index (χ4v) is 5.67. The first-order valence-electron chi connectivity index (χ1n) is 9.54. The van der Waals surface area contributed by atoms with Crippen LogP contribution in [0, 0.1) is 13.8 Å². The number of benzene rings is 1. The summed E-state index contributed by atoms with van der Waals surface area (Å²) in [6.45, 7) is 3.22. The quantitative estimate of drug-likeness (QED) is 0.553. The van der Waals surface area contributed by atoms with Crippen LogP contribution in [-0.4, -0.2) is 52.6 Å². The highest BCUT2D eigenvalue weighted by molar-refractivity contribution is 7.89. The number of thiophene rings is 1. The highest BCUT2D eigenvalue weighted by atomic mass is 32.2. The number of rotatable bonds is 6. The van der Waals surface area contributed by atoms with Gasteiger partial charge in [-0.15, -0.1) is 0 Å². The molecule has 0 spiro atoms. The predicted molar refractivity (Wildman–Crippen MR) is 112 cm³/mol. The van der Waals surface area contributed by atoms with Crippen LogP contribution in [-0.2, 0) is 26.2 Å². The van der Waals surface area contributed by atoms with Crippen LogP contribution in [0.4, 0.5) is 0 Å². The predicted octanol–water partition coefficient (Wildman–Crippen LogP) is 2.28. The van der Waals surface area contributed by atoms with Gasteiger partial charge in [0, 0.05) is 23.9 Å². The zero-order chi connectivity index (χ0) is 22.2. The van der Waals surface area contributed by atoms with E-state index in [0.29, 0.717) is 5.82 Å². The van der Waals surface area contributed by atoms with Crippen molar-refractivity contribution in [1.29, 1.82) is 0 Å². The Labute approximate surface area is 183 Å². The minimum absolute atomic E-state index is 0.0487. The van der Waals surface area contributed by atoms with Crippen molar-refractivity contribution in [3.8, 4) is 11.4 Å². The average Bonchev–Trinajstić information content (AvgIpc) is 3.48. The molecule has 1 aliphatic rings. The summed E-state index contributed by atoms with van der Waals surface area (Å²) < 4.78 is 37.6. The van der Waals surface area contributed by atoms with Gasteiger partial charge < -0.3 is 14.4 Å². The Hall–Kier alpha value is -2.60. The van der Waals surface area contributed by atoms with Crippen LogP contribution in [0.15, 0.2) is 44.4 Å². The minimum Gasteiger partial charge on any atom is -0.454 e. The Morgan fingerprint density at radius 2 is 2.13 bits per heavy atom. The Morgan fingerprint density at radius 1 is 1.32 bits per heavy atom. The van der Waals surface area contributed by atoms with Crippen molar-refractivity contribution in [3.63, 3.8) is 0 Å². The first-order chi connectivity index (χ1) is 14.8. The number of β-amino-alcohol motifs (C(OH)–C–C–N with tert-alkyl or cyclic N) is 1. The zero-order valence-electron chi connectivity index (χ0n) is 16.9. The molecule has 3 aromatic rings. The minimum atomic E-state index is -3.99. The van der Waals surface area contributed by atoms with Gasteiger partial charge in [0.15, 0.2) is 6.61 Å². The van der Waals surface area contributed by atoms with E-state index in [-0.39, 0.29) is 30.4 Å². The molecule has 3 heterocycles. The second kappa shape index (κ2) is 8.50. The van der Waals surface area contributed by atoms with Crippen molar-refractivity contribution in [3.05, 3.63) is 52.0 Å². The van der Waals surface area contributed by atoms with E-state index in [1.807, 2.05) is 30.7 Å². The molecule has 11 heteroatoms. The van der Waals surface area contributed by atoms with Crippen LogP contribution in [0.1, 0.15) is 23.4 Å². The molecule has 0 saturated carbocycles. The number of ether oxygens (including phenoxy) is 1. The van der Waals surface area contributed by atoms with Crippen LogP contribution >= 0.6 is 11.3 Å². The number of sulfonamides is 1. The second-order valence-electron chi connectivity index (χ2n) is 7.36. The third-order valence-electron chi connectivity index (χ3n) is 5.18. The lowest BCUT2D eigenvalue weighted by Crippen LogP contribution is -2.41. The number of carbonyl (C=O) groups is 1. The van der Waals surface area contributed by atoms with Gasteiger partial charge in [0.25, 0.3) is 5.89 Å². The molecule has 1 fully saturated rings. The number of hydrogen-bond acceptors (Lipinski definition) is 9. The van der Waals surface area contributed by atoms with E-state index >= 15 is 0 Å². The lowest BCUT2D eigenvalue weighted by molar-refractivity contribution is -0.149. The maximum absolute atomic E-state index is 13.1. The number of aryl methyl sites for hydroxylation is 2.